The molecule has 2 rings (SSSR count). The summed E-state index contributed by atoms with van der Waals surface area (Å²) in [6.45, 7) is 5.87. The van der Waals surface area contributed by atoms with Crippen LogP contribution in [0.3, 0.4) is 0 Å². The van der Waals surface area contributed by atoms with Crippen molar-refractivity contribution in [1.29, 1.82) is 0 Å². The second kappa shape index (κ2) is 4.97. The van der Waals surface area contributed by atoms with E-state index in [1.54, 1.807) is 6.20 Å². The molecule has 0 bridgehead atoms. The number of nitrogens with one attached hydrogen (secondary N) is 1. The predicted octanol–water partition coefficient (Wildman–Crippen LogP) is 1.50. The SMILES string of the molecule is CC(C)CNCC(O)c1cncn1C1CC1. The molecule has 0 spiro atoms. The molecule has 4 nitrogen and oxygen atoms in total. The minimum atomic E-state index is -0.443. The number of aliphatic hydroxyl groups is 1. The van der Waals surface area contributed by atoms with Crippen molar-refractivity contribution in [3.63, 3.8) is 0 Å². The first-order valence-corrected chi connectivity index (χ1v) is 6.09. The summed E-state index contributed by atoms with van der Waals surface area (Å²) in [4.78, 5) is 4.12. The molecule has 1 heterocycles. The Labute approximate surface area is 96.7 Å². The smallest absolute Gasteiger partial charge is 0.108 e. The maximum absolute atomic E-state index is 10.1. The van der Waals surface area contributed by atoms with E-state index in [0.717, 1.165) is 12.2 Å². The summed E-state index contributed by atoms with van der Waals surface area (Å²) in [5, 5.41) is 13.3. The molecule has 1 fully saturated rings. The second-order valence-electron chi connectivity index (χ2n) is 5.02. The van der Waals surface area contributed by atoms with Gasteiger partial charge in [-0.1, -0.05) is 13.8 Å². The molecule has 90 valence electrons. The summed E-state index contributed by atoms with van der Waals surface area (Å²) in [5.41, 5.74) is 0.943. The fraction of sp³-hybridized carbons (Fsp3) is 0.750. The van der Waals surface area contributed by atoms with Gasteiger partial charge in [0.1, 0.15) is 6.10 Å². The molecule has 1 unspecified atom stereocenters. The monoisotopic (exact) mass is 223 g/mol. The van der Waals surface area contributed by atoms with Crippen LogP contribution in [0.25, 0.3) is 0 Å². The minimum absolute atomic E-state index is 0.443. The third-order valence-electron chi connectivity index (χ3n) is 2.87. The number of imidazole rings is 1. The molecule has 1 aliphatic rings. The lowest BCUT2D eigenvalue weighted by atomic mass is 10.2. The number of nitrogens with zero attached hydrogens (tertiary/aromatic N) is 2. The van der Waals surface area contributed by atoms with Gasteiger partial charge >= 0.3 is 0 Å². The van der Waals surface area contributed by atoms with Gasteiger partial charge in [0.2, 0.25) is 0 Å². The van der Waals surface area contributed by atoms with Crippen LogP contribution in [0.4, 0.5) is 0 Å². The van der Waals surface area contributed by atoms with Gasteiger partial charge in [-0.15, -0.1) is 0 Å². The van der Waals surface area contributed by atoms with Crippen molar-refractivity contribution in [3.05, 3.63) is 18.2 Å². The van der Waals surface area contributed by atoms with E-state index in [4.69, 9.17) is 0 Å². The Bertz CT molecular complexity index is 331. The topological polar surface area (TPSA) is 50.1 Å². The molecule has 0 saturated heterocycles. The lowest BCUT2D eigenvalue weighted by Crippen LogP contribution is -2.26. The molecule has 1 aliphatic carbocycles. The zero-order chi connectivity index (χ0) is 11.5. The van der Waals surface area contributed by atoms with Crippen LogP contribution in [0.2, 0.25) is 0 Å². The van der Waals surface area contributed by atoms with Gasteiger partial charge in [0, 0.05) is 12.6 Å². The average molecular weight is 223 g/mol. The normalized spacial score (nSPS) is 18.0. The Morgan fingerprint density at radius 1 is 1.50 bits per heavy atom. The number of aromatic nitrogens is 2. The molecule has 2 N–H and O–H groups in total. The van der Waals surface area contributed by atoms with Crippen molar-refractivity contribution in [2.75, 3.05) is 13.1 Å². The van der Waals surface area contributed by atoms with E-state index in [2.05, 4.69) is 28.7 Å². The molecule has 1 atom stereocenters. The van der Waals surface area contributed by atoms with E-state index in [0.29, 0.717) is 18.5 Å². The van der Waals surface area contributed by atoms with Crippen LogP contribution in [0.15, 0.2) is 12.5 Å². The summed E-state index contributed by atoms with van der Waals surface area (Å²) in [6.07, 6.45) is 5.60. The van der Waals surface area contributed by atoms with Gasteiger partial charge in [-0.3, -0.25) is 0 Å². The molecule has 1 aromatic heterocycles. The van der Waals surface area contributed by atoms with Gasteiger partial charge in [0.25, 0.3) is 0 Å². The van der Waals surface area contributed by atoms with Crippen molar-refractivity contribution in [3.8, 4) is 0 Å². The lowest BCUT2D eigenvalue weighted by Gasteiger charge is -2.15. The van der Waals surface area contributed by atoms with Crippen LogP contribution in [0, 0.1) is 5.92 Å². The molecule has 0 radical (unpaired) electrons. The van der Waals surface area contributed by atoms with Gasteiger partial charge in [0.05, 0.1) is 18.2 Å². The Hall–Kier alpha value is -0.870. The van der Waals surface area contributed by atoms with E-state index in [-0.39, 0.29) is 0 Å². The Kier molecular flexibility index (Phi) is 3.61. The molecule has 4 heteroatoms. The largest absolute Gasteiger partial charge is 0.385 e. The van der Waals surface area contributed by atoms with Gasteiger partial charge in [0.15, 0.2) is 0 Å². The number of rotatable bonds is 6. The molecule has 0 aromatic carbocycles. The van der Waals surface area contributed by atoms with Crippen molar-refractivity contribution < 1.29 is 5.11 Å². The van der Waals surface area contributed by atoms with Crippen LogP contribution in [0.5, 0.6) is 0 Å². The summed E-state index contributed by atoms with van der Waals surface area (Å²) < 4.78 is 2.11. The molecule has 1 saturated carbocycles. The quantitative estimate of drug-likeness (QED) is 0.768. The highest BCUT2D eigenvalue weighted by molar-refractivity contribution is 5.07. The summed E-state index contributed by atoms with van der Waals surface area (Å²) in [6, 6.07) is 0.581. The van der Waals surface area contributed by atoms with Gasteiger partial charge in [-0.25, -0.2) is 4.98 Å². The molecule has 0 amide bonds. The van der Waals surface area contributed by atoms with Gasteiger partial charge < -0.3 is 15.0 Å². The van der Waals surface area contributed by atoms with E-state index in [1.807, 2.05) is 6.33 Å². The first-order chi connectivity index (χ1) is 7.68. The molecular weight excluding hydrogens is 202 g/mol. The molecular formula is C12H21N3O. The maximum Gasteiger partial charge on any atom is 0.108 e. The van der Waals surface area contributed by atoms with Crippen LogP contribution in [-0.4, -0.2) is 27.7 Å². The summed E-state index contributed by atoms with van der Waals surface area (Å²) in [5.74, 6) is 0.612. The average Bonchev–Trinajstić information content (AvgIpc) is 2.95. The highest BCUT2D eigenvalue weighted by Gasteiger charge is 2.27. The van der Waals surface area contributed by atoms with E-state index < -0.39 is 6.10 Å². The third kappa shape index (κ3) is 2.83. The number of hydrogen-bond acceptors (Lipinski definition) is 3. The Balaban J connectivity index is 1.87. The van der Waals surface area contributed by atoms with Gasteiger partial charge in [-0.05, 0) is 25.3 Å². The fourth-order valence-electron chi connectivity index (χ4n) is 1.84. The Morgan fingerprint density at radius 3 is 2.88 bits per heavy atom. The third-order valence-corrected chi connectivity index (χ3v) is 2.87. The van der Waals surface area contributed by atoms with E-state index >= 15 is 0 Å². The van der Waals surface area contributed by atoms with Crippen LogP contribution >= 0.6 is 0 Å². The highest BCUT2D eigenvalue weighted by Crippen LogP contribution is 2.36. The first-order valence-electron chi connectivity index (χ1n) is 6.09. The predicted molar refractivity (Wildman–Crippen MR) is 63.2 cm³/mol. The van der Waals surface area contributed by atoms with E-state index in [9.17, 15) is 5.11 Å². The van der Waals surface area contributed by atoms with Crippen molar-refractivity contribution in [2.24, 2.45) is 5.92 Å². The minimum Gasteiger partial charge on any atom is -0.385 e. The van der Waals surface area contributed by atoms with Crippen LogP contribution in [0.1, 0.15) is 44.5 Å². The second-order valence-corrected chi connectivity index (χ2v) is 5.02. The van der Waals surface area contributed by atoms with Crippen molar-refractivity contribution in [1.82, 2.24) is 14.9 Å². The Morgan fingerprint density at radius 2 is 2.25 bits per heavy atom. The number of aliphatic hydroxyl groups excluding tert-OH is 1. The van der Waals surface area contributed by atoms with Crippen LogP contribution < -0.4 is 5.32 Å². The molecule has 1 aromatic rings. The number of hydrogen-bond donors (Lipinski definition) is 2. The highest BCUT2D eigenvalue weighted by atomic mass is 16.3. The van der Waals surface area contributed by atoms with Gasteiger partial charge in [-0.2, -0.15) is 0 Å². The fourth-order valence-corrected chi connectivity index (χ4v) is 1.84. The van der Waals surface area contributed by atoms with Crippen molar-refractivity contribution >= 4 is 0 Å². The summed E-state index contributed by atoms with van der Waals surface area (Å²) in [7, 11) is 0. The van der Waals surface area contributed by atoms with Crippen molar-refractivity contribution in [2.45, 2.75) is 38.8 Å². The van der Waals surface area contributed by atoms with Crippen LogP contribution in [-0.2, 0) is 0 Å². The maximum atomic E-state index is 10.1. The zero-order valence-electron chi connectivity index (χ0n) is 10.1. The zero-order valence-corrected chi connectivity index (χ0v) is 10.1. The molecule has 16 heavy (non-hydrogen) atoms. The van der Waals surface area contributed by atoms with E-state index in [1.165, 1.54) is 12.8 Å². The first kappa shape index (κ1) is 11.6. The molecule has 0 aliphatic heterocycles. The summed E-state index contributed by atoms with van der Waals surface area (Å²) >= 11 is 0. The lowest BCUT2D eigenvalue weighted by molar-refractivity contribution is 0.164. The standard InChI is InChI=1S/C12H21N3O/c1-9(2)5-13-7-12(16)11-6-14-8-15(11)10-3-4-10/h6,8-10,12-13,16H,3-5,7H2,1-2H3.